The molecule has 1 heterocycles. The molecule has 1 unspecified atom stereocenters. The Bertz CT molecular complexity index is 1150. The molecule has 0 amide bonds. The number of fused-ring (bicyclic) bond motifs is 4. The summed E-state index contributed by atoms with van der Waals surface area (Å²) in [4.78, 5) is 13.1. The van der Waals surface area contributed by atoms with E-state index in [9.17, 15) is 31.1 Å². The summed E-state index contributed by atoms with van der Waals surface area (Å²) in [7, 11) is 0. The quantitative estimate of drug-likeness (QED) is 0.425. The lowest BCUT2D eigenvalue weighted by molar-refractivity contribution is -0.137. The van der Waals surface area contributed by atoms with Gasteiger partial charge in [0.25, 0.3) is 0 Å². The highest BCUT2D eigenvalue weighted by Gasteiger charge is 2.40. The van der Waals surface area contributed by atoms with Crippen molar-refractivity contribution in [2.45, 2.75) is 31.6 Å². The standard InChI is InChI=1S/C20H12F6O2/c1-9-8-10-4-2-5-11(19(21,22)23)14(10)16-17(27)15-12(20(24,25)26)6-3-7-13(15)28-18(9)16/h2-7,9H,8H2,1H3. The van der Waals surface area contributed by atoms with Crippen LogP contribution < -0.4 is 5.43 Å². The van der Waals surface area contributed by atoms with Gasteiger partial charge in [-0.05, 0) is 30.2 Å². The third-order valence-corrected chi connectivity index (χ3v) is 4.93. The van der Waals surface area contributed by atoms with Gasteiger partial charge in [0.05, 0.1) is 22.1 Å². The lowest BCUT2D eigenvalue weighted by atomic mass is 9.80. The van der Waals surface area contributed by atoms with E-state index in [2.05, 4.69) is 0 Å². The third-order valence-electron chi connectivity index (χ3n) is 4.93. The van der Waals surface area contributed by atoms with E-state index in [0.29, 0.717) is 6.07 Å². The SMILES string of the molecule is CC1Cc2cccc(C(F)(F)F)c2-c2c1oc1cccc(C(F)(F)F)c1c2=O. The molecule has 1 aliphatic rings. The summed E-state index contributed by atoms with van der Waals surface area (Å²) in [5.74, 6) is -0.487. The monoisotopic (exact) mass is 398 g/mol. The number of alkyl halides is 6. The zero-order chi connectivity index (χ0) is 20.4. The van der Waals surface area contributed by atoms with Crippen LogP contribution >= 0.6 is 0 Å². The fourth-order valence-electron chi connectivity index (χ4n) is 3.80. The van der Waals surface area contributed by atoms with Crippen molar-refractivity contribution < 1.29 is 30.8 Å². The van der Waals surface area contributed by atoms with Gasteiger partial charge in [-0.15, -0.1) is 0 Å². The molecule has 8 heteroatoms. The highest BCUT2D eigenvalue weighted by molar-refractivity contribution is 5.88. The molecule has 0 aliphatic heterocycles. The maximum Gasteiger partial charge on any atom is 0.417 e. The number of rotatable bonds is 0. The summed E-state index contributed by atoms with van der Waals surface area (Å²) in [6.45, 7) is 1.66. The van der Waals surface area contributed by atoms with E-state index < -0.39 is 51.3 Å². The second-order valence-electron chi connectivity index (χ2n) is 6.79. The van der Waals surface area contributed by atoms with Gasteiger partial charge in [-0.25, -0.2) is 0 Å². The molecule has 0 N–H and O–H groups in total. The predicted molar refractivity (Wildman–Crippen MR) is 90.0 cm³/mol. The van der Waals surface area contributed by atoms with E-state index in [1.54, 1.807) is 6.92 Å². The first-order valence-corrected chi connectivity index (χ1v) is 8.36. The summed E-state index contributed by atoms with van der Waals surface area (Å²) >= 11 is 0. The van der Waals surface area contributed by atoms with Gasteiger partial charge in [0.1, 0.15) is 11.3 Å². The maximum atomic E-state index is 13.6. The molecule has 0 saturated heterocycles. The van der Waals surface area contributed by atoms with Crippen LogP contribution in [-0.2, 0) is 18.8 Å². The summed E-state index contributed by atoms with van der Waals surface area (Å²) in [6.07, 6.45) is -9.44. The molecule has 3 aromatic rings. The zero-order valence-corrected chi connectivity index (χ0v) is 14.3. The van der Waals surface area contributed by atoms with Crippen LogP contribution in [0.2, 0.25) is 0 Å². The largest absolute Gasteiger partial charge is 0.460 e. The molecule has 0 bridgehead atoms. The summed E-state index contributed by atoms with van der Waals surface area (Å²) < 4.78 is 86.5. The lowest BCUT2D eigenvalue weighted by Gasteiger charge is -2.26. The minimum atomic E-state index is -4.85. The van der Waals surface area contributed by atoms with Gasteiger partial charge >= 0.3 is 12.4 Å². The van der Waals surface area contributed by atoms with Crippen molar-refractivity contribution >= 4 is 11.0 Å². The molecule has 2 nitrogen and oxygen atoms in total. The first-order valence-electron chi connectivity index (χ1n) is 8.36. The van der Waals surface area contributed by atoms with Crippen LogP contribution in [0.15, 0.2) is 45.6 Å². The highest BCUT2D eigenvalue weighted by atomic mass is 19.4. The van der Waals surface area contributed by atoms with E-state index in [4.69, 9.17) is 4.42 Å². The van der Waals surface area contributed by atoms with Crippen LogP contribution in [0.5, 0.6) is 0 Å². The Morgan fingerprint density at radius 2 is 1.50 bits per heavy atom. The maximum absolute atomic E-state index is 13.6. The Morgan fingerprint density at radius 3 is 2.14 bits per heavy atom. The Labute approximate surface area is 154 Å². The van der Waals surface area contributed by atoms with Crippen molar-refractivity contribution in [2.24, 2.45) is 0 Å². The smallest absolute Gasteiger partial charge is 0.417 e. The van der Waals surface area contributed by atoms with Crippen molar-refractivity contribution in [3.63, 3.8) is 0 Å². The molecule has 0 saturated carbocycles. The van der Waals surface area contributed by atoms with Crippen LogP contribution in [0.3, 0.4) is 0 Å². The van der Waals surface area contributed by atoms with Crippen LogP contribution in [0, 0.1) is 0 Å². The topological polar surface area (TPSA) is 30.2 Å². The zero-order valence-electron chi connectivity index (χ0n) is 14.3. The molecular weight excluding hydrogens is 386 g/mol. The van der Waals surface area contributed by atoms with Crippen molar-refractivity contribution in [2.75, 3.05) is 0 Å². The molecule has 1 atom stereocenters. The number of halogens is 6. The third kappa shape index (κ3) is 2.70. The van der Waals surface area contributed by atoms with Gasteiger partial charge < -0.3 is 4.42 Å². The van der Waals surface area contributed by atoms with Gasteiger partial charge in [0, 0.05) is 11.5 Å². The van der Waals surface area contributed by atoms with E-state index in [1.807, 2.05) is 0 Å². The Balaban J connectivity index is 2.19. The molecule has 4 rings (SSSR count). The van der Waals surface area contributed by atoms with Crippen LogP contribution in [0.4, 0.5) is 26.3 Å². The second kappa shape index (κ2) is 5.86. The van der Waals surface area contributed by atoms with Gasteiger partial charge in [0.2, 0.25) is 5.43 Å². The van der Waals surface area contributed by atoms with Crippen LogP contribution in [0.1, 0.15) is 35.3 Å². The Kier molecular flexibility index (Phi) is 3.89. The summed E-state index contributed by atoms with van der Waals surface area (Å²) in [5.41, 5.74) is -4.26. The van der Waals surface area contributed by atoms with Gasteiger partial charge in [-0.2, -0.15) is 26.3 Å². The van der Waals surface area contributed by atoms with E-state index in [-0.39, 0.29) is 23.3 Å². The Hall–Kier alpha value is -2.77. The van der Waals surface area contributed by atoms with Crippen molar-refractivity contribution in [1.29, 1.82) is 0 Å². The first-order chi connectivity index (χ1) is 13.0. The second-order valence-corrected chi connectivity index (χ2v) is 6.79. The minimum absolute atomic E-state index is 0.0268. The normalized spacial score (nSPS) is 16.8. The van der Waals surface area contributed by atoms with Gasteiger partial charge in [0.15, 0.2) is 0 Å². The van der Waals surface area contributed by atoms with Crippen molar-refractivity contribution in [1.82, 2.24) is 0 Å². The highest BCUT2D eigenvalue weighted by Crippen LogP contribution is 2.46. The predicted octanol–water partition coefficient (Wildman–Crippen LogP) is 6.16. The Morgan fingerprint density at radius 1 is 0.893 bits per heavy atom. The summed E-state index contributed by atoms with van der Waals surface area (Å²) in [5, 5.41) is -0.759. The molecule has 28 heavy (non-hydrogen) atoms. The van der Waals surface area contributed by atoms with Crippen LogP contribution in [-0.4, -0.2) is 0 Å². The van der Waals surface area contributed by atoms with E-state index >= 15 is 0 Å². The van der Waals surface area contributed by atoms with Gasteiger partial charge in [-0.3, -0.25) is 4.79 Å². The summed E-state index contributed by atoms with van der Waals surface area (Å²) in [6, 6.07) is 6.52. The van der Waals surface area contributed by atoms with E-state index in [1.165, 1.54) is 18.2 Å². The first kappa shape index (κ1) is 18.6. The average Bonchev–Trinajstić information content (AvgIpc) is 2.59. The lowest BCUT2D eigenvalue weighted by Crippen LogP contribution is -2.22. The number of hydrogen-bond donors (Lipinski definition) is 0. The van der Waals surface area contributed by atoms with Crippen molar-refractivity contribution in [3.05, 3.63) is 69.1 Å². The van der Waals surface area contributed by atoms with E-state index in [0.717, 1.165) is 12.1 Å². The van der Waals surface area contributed by atoms with Gasteiger partial charge in [-0.1, -0.05) is 25.1 Å². The number of hydrogen-bond acceptors (Lipinski definition) is 2. The molecule has 2 aromatic carbocycles. The average molecular weight is 398 g/mol. The number of benzene rings is 2. The molecule has 1 aromatic heterocycles. The molecular formula is C20H12F6O2. The molecule has 146 valence electrons. The fourth-order valence-corrected chi connectivity index (χ4v) is 3.80. The molecule has 0 fully saturated rings. The molecule has 0 radical (unpaired) electrons. The molecule has 1 aliphatic carbocycles. The van der Waals surface area contributed by atoms with Crippen LogP contribution in [0.25, 0.3) is 22.1 Å². The van der Waals surface area contributed by atoms with Crippen molar-refractivity contribution in [3.8, 4) is 11.1 Å². The minimum Gasteiger partial charge on any atom is -0.460 e. The fraction of sp³-hybridized carbons (Fsp3) is 0.250. The molecule has 0 spiro atoms.